The Labute approximate surface area is 152 Å². The largest absolute Gasteiger partial charge is 0.466 e. The van der Waals surface area contributed by atoms with Crippen LogP contribution in [0.3, 0.4) is 0 Å². The third-order valence-electron chi connectivity index (χ3n) is 5.01. The van der Waals surface area contributed by atoms with E-state index in [1.807, 2.05) is 12.1 Å². The minimum Gasteiger partial charge on any atom is -0.466 e. The van der Waals surface area contributed by atoms with Crippen LogP contribution >= 0.6 is 0 Å². The van der Waals surface area contributed by atoms with Gasteiger partial charge >= 0.3 is 5.97 Å². The van der Waals surface area contributed by atoms with Gasteiger partial charge < -0.3 is 9.64 Å². The molecular formula is C22H31NO2. The molecule has 136 valence electrons. The molecule has 0 aliphatic heterocycles. The second-order valence-electron chi connectivity index (χ2n) is 7.33. The Morgan fingerprint density at radius 1 is 1.28 bits per heavy atom. The topological polar surface area (TPSA) is 29.5 Å². The molecule has 1 saturated carbocycles. The van der Waals surface area contributed by atoms with Crippen LogP contribution in [0.2, 0.25) is 0 Å². The number of nitrogens with zero attached hydrogens (tertiary/aromatic N) is 1. The molecule has 0 saturated heterocycles. The Morgan fingerprint density at radius 2 is 1.96 bits per heavy atom. The third kappa shape index (κ3) is 6.50. The molecule has 1 aromatic carbocycles. The van der Waals surface area contributed by atoms with Crippen molar-refractivity contribution in [3.05, 3.63) is 53.6 Å². The van der Waals surface area contributed by atoms with Crippen molar-refractivity contribution >= 4 is 12.0 Å². The van der Waals surface area contributed by atoms with E-state index >= 15 is 0 Å². The predicted molar refractivity (Wildman–Crippen MR) is 104 cm³/mol. The highest BCUT2D eigenvalue weighted by molar-refractivity contribution is 5.86. The van der Waals surface area contributed by atoms with Gasteiger partial charge in [-0.05, 0) is 55.3 Å². The molecule has 0 heterocycles. The van der Waals surface area contributed by atoms with Crippen LogP contribution in [0.25, 0.3) is 6.08 Å². The van der Waals surface area contributed by atoms with Crippen molar-refractivity contribution in [2.45, 2.75) is 39.2 Å². The molecule has 0 spiro atoms. The average molecular weight is 341 g/mol. The molecular weight excluding hydrogens is 310 g/mol. The van der Waals surface area contributed by atoms with Crippen molar-refractivity contribution in [1.29, 1.82) is 0 Å². The molecule has 25 heavy (non-hydrogen) atoms. The SMILES string of the molecule is C=C1CC(CC)CC(CN(C)Cc2ccc(/C=C/C(=O)OC)cc2)C1. The van der Waals surface area contributed by atoms with Crippen LogP contribution in [0.15, 0.2) is 42.5 Å². The number of allylic oxidation sites excluding steroid dienone is 1. The normalized spacial score (nSPS) is 21.0. The summed E-state index contributed by atoms with van der Waals surface area (Å²) < 4.78 is 4.60. The van der Waals surface area contributed by atoms with E-state index in [4.69, 9.17) is 0 Å². The molecule has 1 aromatic rings. The highest BCUT2D eigenvalue weighted by atomic mass is 16.5. The number of hydrogen-bond donors (Lipinski definition) is 0. The van der Waals surface area contributed by atoms with Gasteiger partial charge in [-0.15, -0.1) is 0 Å². The number of ether oxygens (including phenoxy) is 1. The summed E-state index contributed by atoms with van der Waals surface area (Å²) in [7, 11) is 3.58. The monoisotopic (exact) mass is 341 g/mol. The predicted octanol–water partition coefficient (Wildman–Crippen LogP) is 4.69. The molecule has 0 radical (unpaired) electrons. The lowest BCUT2D eigenvalue weighted by Crippen LogP contribution is -2.29. The first-order valence-corrected chi connectivity index (χ1v) is 9.20. The number of carbonyl (C=O) groups excluding carboxylic acids is 1. The minimum atomic E-state index is -0.330. The standard InChI is InChI=1S/C22H31NO2/c1-5-18-12-17(2)13-21(14-18)16-23(3)15-20-8-6-19(7-9-20)10-11-22(24)25-4/h6-11,18,21H,2,5,12-16H2,1,3-4H3/b11-10+. The smallest absolute Gasteiger partial charge is 0.330 e. The number of carbonyl (C=O) groups is 1. The first-order chi connectivity index (χ1) is 12.0. The van der Waals surface area contributed by atoms with Gasteiger partial charge in [-0.1, -0.05) is 49.8 Å². The quantitative estimate of drug-likeness (QED) is 0.409. The van der Waals surface area contributed by atoms with Crippen LogP contribution in [0.5, 0.6) is 0 Å². The molecule has 2 atom stereocenters. The number of esters is 1. The van der Waals surface area contributed by atoms with Crippen molar-refractivity contribution in [2.24, 2.45) is 11.8 Å². The number of benzene rings is 1. The van der Waals surface area contributed by atoms with Crippen molar-refractivity contribution in [2.75, 3.05) is 20.7 Å². The first-order valence-electron chi connectivity index (χ1n) is 9.20. The van der Waals surface area contributed by atoms with E-state index < -0.39 is 0 Å². The number of methoxy groups -OCH3 is 1. The zero-order valence-corrected chi connectivity index (χ0v) is 15.8. The highest BCUT2D eigenvalue weighted by Gasteiger charge is 2.23. The number of rotatable bonds is 7. The van der Waals surface area contributed by atoms with E-state index in [-0.39, 0.29) is 5.97 Å². The molecule has 1 fully saturated rings. The fourth-order valence-electron chi connectivity index (χ4n) is 3.77. The summed E-state index contributed by atoms with van der Waals surface area (Å²) in [5.41, 5.74) is 3.73. The van der Waals surface area contributed by atoms with Crippen LogP contribution in [-0.4, -0.2) is 31.6 Å². The van der Waals surface area contributed by atoms with Gasteiger partial charge in [-0.3, -0.25) is 0 Å². The van der Waals surface area contributed by atoms with E-state index in [1.54, 1.807) is 6.08 Å². The van der Waals surface area contributed by atoms with Crippen LogP contribution in [0, 0.1) is 11.8 Å². The summed E-state index contributed by atoms with van der Waals surface area (Å²) in [6.07, 6.45) is 8.21. The van der Waals surface area contributed by atoms with Gasteiger partial charge in [0.1, 0.15) is 0 Å². The van der Waals surface area contributed by atoms with Gasteiger partial charge in [0.25, 0.3) is 0 Å². The Balaban J connectivity index is 1.85. The molecule has 3 nitrogen and oxygen atoms in total. The summed E-state index contributed by atoms with van der Waals surface area (Å²) in [5.74, 6) is 1.22. The highest BCUT2D eigenvalue weighted by Crippen LogP contribution is 2.34. The molecule has 1 aliphatic rings. The van der Waals surface area contributed by atoms with E-state index in [2.05, 4.69) is 42.3 Å². The van der Waals surface area contributed by atoms with Crippen LogP contribution in [-0.2, 0) is 16.1 Å². The van der Waals surface area contributed by atoms with E-state index in [9.17, 15) is 4.79 Å². The van der Waals surface area contributed by atoms with E-state index in [0.717, 1.165) is 30.5 Å². The number of hydrogen-bond acceptors (Lipinski definition) is 3. The zero-order valence-electron chi connectivity index (χ0n) is 15.8. The Hall–Kier alpha value is -1.87. The van der Waals surface area contributed by atoms with Crippen molar-refractivity contribution < 1.29 is 9.53 Å². The van der Waals surface area contributed by atoms with Crippen molar-refractivity contribution in [1.82, 2.24) is 4.90 Å². The molecule has 0 N–H and O–H groups in total. The molecule has 1 aliphatic carbocycles. The lowest BCUT2D eigenvalue weighted by Gasteiger charge is -2.32. The molecule has 3 heteroatoms. The zero-order chi connectivity index (χ0) is 18.2. The lowest BCUT2D eigenvalue weighted by atomic mass is 9.77. The van der Waals surface area contributed by atoms with Gasteiger partial charge in [0.05, 0.1) is 7.11 Å². The fourth-order valence-corrected chi connectivity index (χ4v) is 3.77. The summed E-state index contributed by atoms with van der Waals surface area (Å²) in [6.45, 7) is 8.60. The molecule has 2 rings (SSSR count). The van der Waals surface area contributed by atoms with Crippen LogP contribution in [0.1, 0.15) is 43.7 Å². The van der Waals surface area contributed by atoms with Crippen LogP contribution < -0.4 is 0 Å². The molecule has 0 bridgehead atoms. The van der Waals surface area contributed by atoms with Crippen molar-refractivity contribution in [3.8, 4) is 0 Å². The summed E-state index contributed by atoms with van der Waals surface area (Å²) in [5, 5.41) is 0. The fraction of sp³-hybridized carbons (Fsp3) is 0.500. The molecule has 0 amide bonds. The average Bonchev–Trinajstić information content (AvgIpc) is 2.60. The minimum absolute atomic E-state index is 0.330. The summed E-state index contributed by atoms with van der Waals surface area (Å²) in [4.78, 5) is 13.5. The Kier molecular flexibility index (Phi) is 7.45. The van der Waals surface area contributed by atoms with Gasteiger partial charge in [0, 0.05) is 19.2 Å². The van der Waals surface area contributed by atoms with Gasteiger partial charge in [-0.2, -0.15) is 0 Å². The summed E-state index contributed by atoms with van der Waals surface area (Å²) >= 11 is 0. The van der Waals surface area contributed by atoms with Crippen LogP contribution in [0.4, 0.5) is 0 Å². The van der Waals surface area contributed by atoms with Gasteiger partial charge in [0.15, 0.2) is 0 Å². The third-order valence-corrected chi connectivity index (χ3v) is 5.01. The molecule has 0 aromatic heterocycles. The maximum Gasteiger partial charge on any atom is 0.330 e. The summed E-state index contributed by atoms with van der Waals surface area (Å²) in [6, 6.07) is 8.33. The second kappa shape index (κ2) is 9.57. The Morgan fingerprint density at radius 3 is 2.60 bits per heavy atom. The first kappa shape index (κ1) is 19.5. The van der Waals surface area contributed by atoms with Gasteiger partial charge in [0.2, 0.25) is 0 Å². The second-order valence-corrected chi connectivity index (χ2v) is 7.33. The van der Waals surface area contributed by atoms with E-state index in [0.29, 0.717) is 0 Å². The Bertz CT molecular complexity index is 603. The maximum atomic E-state index is 11.1. The lowest BCUT2D eigenvalue weighted by molar-refractivity contribution is -0.134. The maximum absolute atomic E-state index is 11.1. The molecule has 2 unspecified atom stereocenters. The van der Waals surface area contributed by atoms with E-state index in [1.165, 1.54) is 50.0 Å². The van der Waals surface area contributed by atoms with Crippen molar-refractivity contribution in [3.63, 3.8) is 0 Å². The van der Waals surface area contributed by atoms with Gasteiger partial charge in [-0.25, -0.2) is 4.79 Å².